The first-order valence-electron chi connectivity index (χ1n) is 9.31. The fourth-order valence-electron chi connectivity index (χ4n) is 3.73. The molecule has 0 aliphatic carbocycles. The highest BCUT2D eigenvalue weighted by Crippen LogP contribution is 2.35. The van der Waals surface area contributed by atoms with Gasteiger partial charge in [-0.1, -0.05) is 60.1 Å². The summed E-state index contributed by atoms with van der Waals surface area (Å²) >= 11 is 5.92. The second-order valence-corrected chi connectivity index (χ2v) is 9.30. The van der Waals surface area contributed by atoms with Crippen LogP contribution in [-0.2, 0) is 21.2 Å². The summed E-state index contributed by atoms with van der Waals surface area (Å²) in [4.78, 5) is 12.5. The van der Waals surface area contributed by atoms with Crippen molar-refractivity contribution in [3.63, 3.8) is 0 Å². The van der Waals surface area contributed by atoms with Gasteiger partial charge in [0.2, 0.25) is 10.0 Å². The molecule has 0 aromatic heterocycles. The Kier molecular flexibility index (Phi) is 5.62. The Hall–Kier alpha value is -2.71. The van der Waals surface area contributed by atoms with Crippen molar-refractivity contribution in [1.29, 1.82) is 0 Å². The second-order valence-electron chi connectivity index (χ2n) is 6.97. The molecular weight excluding hydrogens is 424 g/mol. The number of nitrogens with one attached hydrogen (secondary N) is 1. The number of benzene rings is 3. The number of halogens is 1. The number of sulfonamides is 1. The molecule has 30 heavy (non-hydrogen) atoms. The Bertz CT molecular complexity index is 1180. The zero-order chi connectivity index (χ0) is 21.3. The van der Waals surface area contributed by atoms with Crippen molar-refractivity contribution in [2.75, 3.05) is 6.54 Å². The van der Waals surface area contributed by atoms with Crippen LogP contribution in [0.1, 0.15) is 17.2 Å². The van der Waals surface area contributed by atoms with Gasteiger partial charge in [0.05, 0.1) is 4.90 Å². The second kappa shape index (κ2) is 8.20. The zero-order valence-electron chi connectivity index (χ0n) is 15.8. The van der Waals surface area contributed by atoms with E-state index in [0.29, 0.717) is 17.0 Å². The molecule has 2 N–H and O–H groups in total. The van der Waals surface area contributed by atoms with E-state index < -0.39 is 22.0 Å². The Morgan fingerprint density at radius 2 is 1.57 bits per heavy atom. The van der Waals surface area contributed by atoms with Crippen molar-refractivity contribution >= 4 is 27.5 Å². The van der Waals surface area contributed by atoms with Crippen LogP contribution in [0.2, 0.25) is 5.02 Å². The van der Waals surface area contributed by atoms with Crippen molar-refractivity contribution in [2.45, 2.75) is 17.4 Å². The van der Waals surface area contributed by atoms with E-state index in [1.165, 1.54) is 12.1 Å². The standard InChI is InChI=1S/C22H19ClN2O4S/c23-18-9-5-15(6-10-18)16-7-11-19(12-8-16)30(28,29)25-14-13-17-3-1-2-4-20(17)21(25)22(26)24-27/h1-12,21,27H,13-14H2,(H,24,26)/t21-/m1/s1. The number of carbonyl (C=O) groups excluding carboxylic acids is 1. The van der Waals surface area contributed by atoms with E-state index >= 15 is 0 Å². The highest BCUT2D eigenvalue weighted by atomic mass is 35.5. The van der Waals surface area contributed by atoms with Crippen LogP contribution in [-0.4, -0.2) is 30.4 Å². The van der Waals surface area contributed by atoms with Crippen LogP contribution in [0.3, 0.4) is 0 Å². The lowest BCUT2D eigenvalue weighted by Crippen LogP contribution is -2.46. The van der Waals surface area contributed by atoms with Gasteiger partial charge in [-0.3, -0.25) is 10.0 Å². The average molecular weight is 443 g/mol. The first-order valence-corrected chi connectivity index (χ1v) is 11.1. The lowest BCUT2D eigenvalue weighted by atomic mass is 9.94. The van der Waals surface area contributed by atoms with E-state index in [1.807, 2.05) is 24.3 Å². The Labute approximate surface area is 179 Å². The summed E-state index contributed by atoms with van der Waals surface area (Å²) in [5.41, 5.74) is 4.82. The van der Waals surface area contributed by atoms with Crippen LogP contribution in [0.25, 0.3) is 11.1 Å². The van der Waals surface area contributed by atoms with Gasteiger partial charge in [-0.15, -0.1) is 0 Å². The van der Waals surface area contributed by atoms with E-state index in [9.17, 15) is 18.4 Å². The van der Waals surface area contributed by atoms with Gasteiger partial charge in [-0.05, 0) is 52.9 Å². The van der Waals surface area contributed by atoms with E-state index in [-0.39, 0.29) is 11.4 Å². The van der Waals surface area contributed by atoms with Crippen molar-refractivity contribution in [1.82, 2.24) is 9.79 Å². The van der Waals surface area contributed by atoms with Crippen molar-refractivity contribution < 1.29 is 18.4 Å². The van der Waals surface area contributed by atoms with Gasteiger partial charge in [0.25, 0.3) is 5.91 Å². The number of hydrogen-bond acceptors (Lipinski definition) is 4. The molecule has 0 saturated carbocycles. The van der Waals surface area contributed by atoms with E-state index in [0.717, 1.165) is 21.0 Å². The average Bonchev–Trinajstić information content (AvgIpc) is 2.78. The minimum Gasteiger partial charge on any atom is -0.289 e. The molecule has 1 aliphatic rings. The predicted molar refractivity (Wildman–Crippen MR) is 114 cm³/mol. The van der Waals surface area contributed by atoms with Crippen molar-refractivity contribution in [3.05, 3.63) is 88.9 Å². The van der Waals surface area contributed by atoms with E-state index in [2.05, 4.69) is 0 Å². The number of hydrogen-bond donors (Lipinski definition) is 2. The molecule has 6 nitrogen and oxygen atoms in total. The number of carbonyl (C=O) groups is 1. The zero-order valence-corrected chi connectivity index (χ0v) is 17.4. The molecule has 0 saturated heterocycles. The Balaban J connectivity index is 1.70. The molecule has 0 unspecified atom stereocenters. The van der Waals surface area contributed by atoms with Crippen LogP contribution < -0.4 is 5.48 Å². The Morgan fingerprint density at radius 3 is 2.20 bits per heavy atom. The summed E-state index contributed by atoms with van der Waals surface area (Å²) in [5, 5.41) is 9.84. The number of rotatable bonds is 4. The molecule has 1 amide bonds. The summed E-state index contributed by atoms with van der Waals surface area (Å²) in [6, 6.07) is 19.7. The molecule has 8 heteroatoms. The van der Waals surface area contributed by atoms with Crippen molar-refractivity contribution in [2.24, 2.45) is 0 Å². The van der Waals surface area contributed by atoms with Crippen LogP contribution in [0.15, 0.2) is 77.7 Å². The molecule has 0 radical (unpaired) electrons. The number of fused-ring (bicyclic) bond motifs is 1. The summed E-state index contributed by atoms with van der Waals surface area (Å²) < 4.78 is 27.9. The van der Waals surface area contributed by atoms with Crippen LogP contribution in [0, 0.1) is 0 Å². The van der Waals surface area contributed by atoms with E-state index in [4.69, 9.17) is 11.6 Å². The largest absolute Gasteiger partial charge is 0.289 e. The lowest BCUT2D eigenvalue weighted by molar-refractivity contribution is -0.133. The van der Waals surface area contributed by atoms with Crippen LogP contribution in [0.4, 0.5) is 0 Å². The number of hydroxylamine groups is 1. The molecule has 1 aliphatic heterocycles. The van der Waals surface area contributed by atoms with Gasteiger partial charge < -0.3 is 0 Å². The maximum atomic E-state index is 13.4. The maximum absolute atomic E-state index is 13.4. The molecule has 3 aromatic carbocycles. The topological polar surface area (TPSA) is 86.7 Å². The summed E-state index contributed by atoms with van der Waals surface area (Å²) in [7, 11) is -3.97. The lowest BCUT2D eigenvalue weighted by Gasteiger charge is -2.34. The summed E-state index contributed by atoms with van der Waals surface area (Å²) in [5.74, 6) is -0.788. The van der Waals surface area contributed by atoms with E-state index in [1.54, 1.807) is 41.9 Å². The molecule has 4 rings (SSSR count). The highest BCUT2D eigenvalue weighted by Gasteiger charge is 2.40. The highest BCUT2D eigenvalue weighted by molar-refractivity contribution is 7.89. The fourth-order valence-corrected chi connectivity index (χ4v) is 5.43. The molecule has 1 heterocycles. The van der Waals surface area contributed by atoms with Gasteiger partial charge in [-0.2, -0.15) is 4.31 Å². The van der Waals surface area contributed by atoms with Gasteiger partial charge in [0.15, 0.2) is 0 Å². The summed E-state index contributed by atoms with van der Waals surface area (Å²) in [6.45, 7) is 0.135. The van der Waals surface area contributed by atoms with Crippen LogP contribution >= 0.6 is 11.6 Å². The molecular formula is C22H19ClN2O4S. The molecule has 1 atom stereocenters. The minimum atomic E-state index is -3.97. The third-order valence-electron chi connectivity index (χ3n) is 5.24. The predicted octanol–water partition coefficient (Wildman–Crippen LogP) is 3.80. The monoisotopic (exact) mass is 442 g/mol. The SMILES string of the molecule is O=C(NO)[C@H]1c2ccccc2CCN1S(=O)(=O)c1ccc(-c2ccc(Cl)cc2)cc1. The molecule has 154 valence electrons. The number of nitrogens with zero attached hydrogens (tertiary/aromatic N) is 1. The van der Waals surface area contributed by atoms with Crippen LogP contribution in [0.5, 0.6) is 0 Å². The third kappa shape index (κ3) is 3.73. The quantitative estimate of drug-likeness (QED) is 0.475. The van der Waals surface area contributed by atoms with Gasteiger partial charge >= 0.3 is 0 Å². The fraction of sp³-hybridized carbons (Fsp3) is 0.136. The maximum Gasteiger partial charge on any atom is 0.266 e. The van der Waals surface area contributed by atoms with Gasteiger partial charge in [0.1, 0.15) is 6.04 Å². The molecule has 0 bridgehead atoms. The first-order chi connectivity index (χ1) is 14.4. The Morgan fingerprint density at radius 1 is 0.967 bits per heavy atom. The normalized spacial score (nSPS) is 16.7. The third-order valence-corrected chi connectivity index (χ3v) is 7.37. The first kappa shape index (κ1) is 20.6. The van der Waals surface area contributed by atoms with Crippen molar-refractivity contribution in [3.8, 4) is 11.1 Å². The minimum absolute atomic E-state index is 0.0790. The number of amides is 1. The molecule has 0 fully saturated rings. The molecule has 0 spiro atoms. The summed E-state index contributed by atoms with van der Waals surface area (Å²) in [6.07, 6.45) is 0.480. The molecule has 3 aromatic rings. The van der Waals surface area contributed by atoms with Gasteiger partial charge in [-0.25, -0.2) is 13.9 Å². The smallest absolute Gasteiger partial charge is 0.266 e. The van der Waals surface area contributed by atoms with Gasteiger partial charge in [0, 0.05) is 11.6 Å².